The zero-order valence-corrected chi connectivity index (χ0v) is 9.48. The molecule has 0 radical (unpaired) electrons. The number of aryl methyl sites for hydroxylation is 1. The highest BCUT2D eigenvalue weighted by Crippen LogP contribution is 2.03. The van der Waals surface area contributed by atoms with Crippen molar-refractivity contribution in [1.82, 2.24) is 10.3 Å². The number of benzene rings is 1. The van der Waals surface area contributed by atoms with Crippen LogP contribution in [0.1, 0.15) is 16.7 Å². The zero-order chi connectivity index (χ0) is 11.2. The molecule has 2 rings (SSSR count). The first kappa shape index (κ1) is 10.8. The Kier molecular flexibility index (Phi) is 3.67. The molecule has 0 atom stereocenters. The first-order valence-electron chi connectivity index (χ1n) is 5.50. The summed E-state index contributed by atoms with van der Waals surface area (Å²) in [7, 11) is 0. The van der Waals surface area contributed by atoms with E-state index < -0.39 is 0 Å². The summed E-state index contributed by atoms with van der Waals surface area (Å²) in [6, 6.07) is 12.7. The van der Waals surface area contributed by atoms with Gasteiger partial charge in [0.1, 0.15) is 0 Å². The summed E-state index contributed by atoms with van der Waals surface area (Å²) in [6.07, 6.45) is 3.64. The van der Waals surface area contributed by atoms with E-state index in [1.54, 1.807) is 0 Å². The van der Waals surface area contributed by atoms with Crippen LogP contribution in [-0.4, -0.2) is 4.98 Å². The van der Waals surface area contributed by atoms with Crippen molar-refractivity contribution in [3.63, 3.8) is 0 Å². The van der Waals surface area contributed by atoms with Gasteiger partial charge in [-0.3, -0.25) is 4.98 Å². The normalized spacial score (nSPS) is 10.3. The Hall–Kier alpha value is -1.67. The highest BCUT2D eigenvalue weighted by Gasteiger charge is 1.93. The summed E-state index contributed by atoms with van der Waals surface area (Å²) in [6.45, 7) is 3.90. The van der Waals surface area contributed by atoms with Gasteiger partial charge in [0.2, 0.25) is 0 Å². The van der Waals surface area contributed by atoms with E-state index in [0.717, 1.165) is 13.1 Å². The number of pyridine rings is 1. The van der Waals surface area contributed by atoms with Crippen molar-refractivity contribution in [2.45, 2.75) is 20.0 Å². The molecular formula is C14H16N2. The molecule has 16 heavy (non-hydrogen) atoms. The van der Waals surface area contributed by atoms with Gasteiger partial charge in [0.15, 0.2) is 0 Å². The topological polar surface area (TPSA) is 24.9 Å². The summed E-state index contributed by atoms with van der Waals surface area (Å²) < 4.78 is 0. The summed E-state index contributed by atoms with van der Waals surface area (Å²) in [5, 5.41) is 3.41. The average molecular weight is 212 g/mol. The van der Waals surface area contributed by atoms with Crippen LogP contribution in [0.5, 0.6) is 0 Å². The highest BCUT2D eigenvalue weighted by atomic mass is 14.8. The Bertz CT molecular complexity index is 420. The molecule has 1 aromatic heterocycles. The molecule has 1 heterocycles. The molecule has 0 aliphatic rings. The second kappa shape index (κ2) is 5.42. The van der Waals surface area contributed by atoms with Gasteiger partial charge in [0.05, 0.1) is 0 Å². The van der Waals surface area contributed by atoms with Crippen LogP contribution >= 0.6 is 0 Å². The summed E-state index contributed by atoms with van der Waals surface area (Å²) in [4.78, 5) is 3.99. The molecule has 0 fully saturated rings. The van der Waals surface area contributed by atoms with Crippen molar-refractivity contribution >= 4 is 0 Å². The largest absolute Gasteiger partial charge is 0.309 e. The molecule has 0 unspecified atom stereocenters. The van der Waals surface area contributed by atoms with Crippen LogP contribution in [-0.2, 0) is 13.1 Å². The molecule has 2 aromatic rings. The van der Waals surface area contributed by atoms with Crippen molar-refractivity contribution < 1.29 is 0 Å². The molecule has 82 valence electrons. The monoisotopic (exact) mass is 212 g/mol. The van der Waals surface area contributed by atoms with E-state index in [1.807, 2.05) is 24.5 Å². The van der Waals surface area contributed by atoms with Crippen molar-refractivity contribution in [2.75, 3.05) is 0 Å². The van der Waals surface area contributed by atoms with Gasteiger partial charge in [-0.2, -0.15) is 0 Å². The lowest BCUT2D eigenvalue weighted by Crippen LogP contribution is -2.12. The quantitative estimate of drug-likeness (QED) is 0.842. The lowest BCUT2D eigenvalue weighted by molar-refractivity contribution is 0.692. The standard InChI is InChI=1S/C14H16N2/c1-12-2-4-13(5-3-12)10-16-11-14-6-8-15-9-7-14/h2-9,16H,10-11H2,1H3. The Labute approximate surface area is 96.4 Å². The zero-order valence-electron chi connectivity index (χ0n) is 9.48. The van der Waals surface area contributed by atoms with Crippen molar-refractivity contribution in [1.29, 1.82) is 0 Å². The minimum Gasteiger partial charge on any atom is -0.309 e. The number of rotatable bonds is 4. The van der Waals surface area contributed by atoms with Crippen molar-refractivity contribution in [2.24, 2.45) is 0 Å². The fourth-order valence-corrected chi connectivity index (χ4v) is 1.56. The van der Waals surface area contributed by atoms with Crippen LogP contribution < -0.4 is 5.32 Å². The Morgan fingerprint density at radius 1 is 0.875 bits per heavy atom. The third kappa shape index (κ3) is 3.17. The summed E-state index contributed by atoms with van der Waals surface area (Å²) >= 11 is 0. The SMILES string of the molecule is Cc1ccc(CNCc2ccncc2)cc1. The first-order valence-corrected chi connectivity index (χ1v) is 5.50. The van der Waals surface area contributed by atoms with E-state index in [9.17, 15) is 0 Å². The maximum atomic E-state index is 3.99. The third-order valence-corrected chi connectivity index (χ3v) is 2.53. The minimum atomic E-state index is 0.885. The van der Waals surface area contributed by atoms with Gasteiger partial charge in [0, 0.05) is 25.5 Å². The number of nitrogens with one attached hydrogen (secondary N) is 1. The highest BCUT2D eigenvalue weighted by molar-refractivity contribution is 5.21. The Morgan fingerprint density at radius 2 is 1.44 bits per heavy atom. The molecule has 0 aliphatic heterocycles. The van der Waals surface area contributed by atoms with Crippen LogP contribution in [0.3, 0.4) is 0 Å². The van der Waals surface area contributed by atoms with Gasteiger partial charge in [-0.15, -0.1) is 0 Å². The number of hydrogen-bond donors (Lipinski definition) is 1. The Balaban J connectivity index is 1.82. The Morgan fingerprint density at radius 3 is 2.06 bits per heavy atom. The van der Waals surface area contributed by atoms with Gasteiger partial charge in [-0.25, -0.2) is 0 Å². The van der Waals surface area contributed by atoms with Crippen LogP contribution in [0.25, 0.3) is 0 Å². The minimum absolute atomic E-state index is 0.885. The molecule has 0 spiro atoms. The van der Waals surface area contributed by atoms with Crippen molar-refractivity contribution in [3.05, 3.63) is 65.5 Å². The molecule has 2 heteroatoms. The van der Waals surface area contributed by atoms with E-state index in [2.05, 4.69) is 41.5 Å². The van der Waals surface area contributed by atoms with Gasteiger partial charge in [0.25, 0.3) is 0 Å². The van der Waals surface area contributed by atoms with Gasteiger partial charge in [-0.1, -0.05) is 29.8 Å². The molecule has 1 N–H and O–H groups in total. The van der Waals surface area contributed by atoms with E-state index in [-0.39, 0.29) is 0 Å². The lowest BCUT2D eigenvalue weighted by Gasteiger charge is -2.05. The van der Waals surface area contributed by atoms with Crippen molar-refractivity contribution in [3.8, 4) is 0 Å². The van der Waals surface area contributed by atoms with Gasteiger partial charge in [-0.05, 0) is 30.2 Å². The first-order chi connectivity index (χ1) is 7.84. The molecule has 0 amide bonds. The maximum absolute atomic E-state index is 3.99. The van der Waals surface area contributed by atoms with Gasteiger partial charge >= 0.3 is 0 Å². The van der Waals surface area contributed by atoms with Crippen LogP contribution in [0.15, 0.2) is 48.8 Å². The van der Waals surface area contributed by atoms with E-state index in [1.165, 1.54) is 16.7 Å². The fraction of sp³-hybridized carbons (Fsp3) is 0.214. The predicted molar refractivity (Wildman–Crippen MR) is 66.0 cm³/mol. The van der Waals surface area contributed by atoms with Gasteiger partial charge < -0.3 is 5.32 Å². The molecule has 0 bridgehead atoms. The number of aromatic nitrogens is 1. The molecule has 0 saturated heterocycles. The average Bonchev–Trinajstić information content (AvgIpc) is 2.33. The van der Waals surface area contributed by atoms with Crippen LogP contribution in [0.2, 0.25) is 0 Å². The second-order valence-electron chi connectivity index (χ2n) is 3.94. The van der Waals surface area contributed by atoms with E-state index in [0.29, 0.717) is 0 Å². The molecule has 1 aromatic carbocycles. The molecule has 0 saturated carbocycles. The number of hydrogen-bond acceptors (Lipinski definition) is 2. The maximum Gasteiger partial charge on any atom is 0.0271 e. The fourth-order valence-electron chi connectivity index (χ4n) is 1.56. The van der Waals surface area contributed by atoms with E-state index >= 15 is 0 Å². The third-order valence-electron chi connectivity index (χ3n) is 2.53. The number of nitrogens with zero attached hydrogens (tertiary/aromatic N) is 1. The summed E-state index contributed by atoms with van der Waals surface area (Å²) in [5.74, 6) is 0. The molecule has 0 aliphatic carbocycles. The van der Waals surface area contributed by atoms with E-state index in [4.69, 9.17) is 0 Å². The van der Waals surface area contributed by atoms with Crippen LogP contribution in [0.4, 0.5) is 0 Å². The van der Waals surface area contributed by atoms with Crippen LogP contribution in [0, 0.1) is 6.92 Å². The smallest absolute Gasteiger partial charge is 0.0271 e. The lowest BCUT2D eigenvalue weighted by atomic mass is 10.1. The second-order valence-corrected chi connectivity index (χ2v) is 3.94. The molecular weight excluding hydrogens is 196 g/mol. The molecule has 2 nitrogen and oxygen atoms in total. The summed E-state index contributed by atoms with van der Waals surface area (Å²) in [5.41, 5.74) is 3.89. The predicted octanol–water partition coefficient (Wildman–Crippen LogP) is 2.68.